The number of unbranched alkanes of at least 4 members (excludes halogenated alkanes) is 4. The predicted octanol–water partition coefficient (Wildman–Crippen LogP) is 2.65. The molecule has 0 heterocycles. The maximum atomic E-state index is 10.8. The van der Waals surface area contributed by atoms with Crippen LogP contribution >= 0.6 is 0 Å². The van der Waals surface area contributed by atoms with E-state index in [1.165, 1.54) is 13.2 Å². The fourth-order valence-electron chi connectivity index (χ4n) is 1.30. The van der Waals surface area contributed by atoms with E-state index in [-0.39, 0.29) is 11.8 Å². The Morgan fingerprint density at radius 1 is 1.07 bits per heavy atom. The van der Waals surface area contributed by atoms with Crippen LogP contribution in [-0.2, 0) is 14.3 Å². The number of ketones is 1. The molecule has 15 heavy (non-hydrogen) atoms. The van der Waals surface area contributed by atoms with Crippen molar-refractivity contribution in [2.24, 2.45) is 0 Å². The van der Waals surface area contributed by atoms with Crippen molar-refractivity contribution < 1.29 is 14.3 Å². The lowest BCUT2D eigenvalue weighted by molar-refractivity contribution is -0.140. The third-order valence-electron chi connectivity index (χ3n) is 2.26. The van der Waals surface area contributed by atoms with Gasteiger partial charge in [0, 0.05) is 12.8 Å². The predicted molar refractivity (Wildman–Crippen MR) is 59.5 cm³/mol. The minimum atomic E-state index is -0.142. The summed E-state index contributed by atoms with van der Waals surface area (Å²) in [5.41, 5.74) is 0. The largest absolute Gasteiger partial charge is 0.469 e. The smallest absolute Gasteiger partial charge is 0.305 e. The fraction of sp³-hybridized carbons (Fsp3) is 0.667. The van der Waals surface area contributed by atoms with E-state index in [1.54, 1.807) is 0 Å². The van der Waals surface area contributed by atoms with Gasteiger partial charge in [-0.3, -0.25) is 9.59 Å². The number of hydrogen-bond donors (Lipinski definition) is 0. The number of esters is 1. The lowest BCUT2D eigenvalue weighted by atomic mass is 10.1. The van der Waals surface area contributed by atoms with Crippen molar-refractivity contribution in [3.63, 3.8) is 0 Å². The number of rotatable bonds is 9. The van der Waals surface area contributed by atoms with Gasteiger partial charge in [-0.05, 0) is 18.9 Å². The van der Waals surface area contributed by atoms with Crippen molar-refractivity contribution in [3.8, 4) is 0 Å². The van der Waals surface area contributed by atoms with Crippen LogP contribution in [0.15, 0.2) is 12.7 Å². The van der Waals surface area contributed by atoms with Crippen LogP contribution in [0, 0.1) is 0 Å². The summed E-state index contributed by atoms with van der Waals surface area (Å²) in [4.78, 5) is 21.6. The third kappa shape index (κ3) is 9.19. The average molecular weight is 212 g/mol. The Hall–Kier alpha value is -1.12. The molecule has 3 heteroatoms. The Labute approximate surface area is 91.5 Å². The van der Waals surface area contributed by atoms with E-state index in [0.717, 1.165) is 32.1 Å². The highest BCUT2D eigenvalue weighted by atomic mass is 16.5. The second-order valence-electron chi connectivity index (χ2n) is 3.51. The molecule has 0 saturated heterocycles. The van der Waals surface area contributed by atoms with Gasteiger partial charge in [0.2, 0.25) is 0 Å². The highest BCUT2D eigenvalue weighted by molar-refractivity contribution is 5.88. The molecule has 0 saturated carbocycles. The molecule has 0 fully saturated rings. The van der Waals surface area contributed by atoms with E-state index in [1.807, 2.05) is 0 Å². The zero-order valence-electron chi connectivity index (χ0n) is 9.46. The lowest BCUT2D eigenvalue weighted by Crippen LogP contribution is -1.99. The number of methoxy groups -OCH3 is 1. The summed E-state index contributed by atoms with van der Waals surface area (Å²) in [6, 6.07) is 0. The lowest BCUT2D eigenvalue weighted by Gasteiger charge is -2.00. The molecule has 0 aromatic heterocycles. The quantitative estimate of drug-likeness (QED) is 0.335. The van der Waals surface area contributed by atoms with Crippen LogP contribution < -0.4 is 0 Å². The van der Waals surface area contributed by atoms with Crippen LogP contribution in [0.5, 0.6) is 0 Å². The van der Waals surface area contributed by atoms with Crippen LogP contribution in [0.3, 0.4) is 0 Å². The second-order valence-corrected chi connectivity index (χ2v) is 3.51. The molecule has 0 bridgehead atoms. The van der Waals surface area contributed by atoms with E-state index in [2.05, 4.69) is 11.3 Å². The van der Waals surface area contributed by atoms with Gasteiger partial charge in [-0.2, -0.15) is 0 Å². The Bertz CT molecular complexity index is 209. The average Bonchev–Trinajstić information content (AvgIpc) is 2.26. The Balaban J connectivity index is 3.15. The van der Waals surface area contributed by atoms with Gasteiger partial charge < -0.3 is 4.74 Å². The SMILES string of the molecule is C=CC(=O)CCCCCCCC(=O)OC. The normalized spacial score (nSPS) is 9.67. The van der Waals surface area contributed by atoms with Crippen molar-refractivity contribution in [1.82, 2.24) is 0 Å². The van der Waals surface area contributed by atoms with Crippen LogP contribution in [-0.4, -0.2) is 18.9 Å². The standard InChI is InChI=1S/C12H20O3/c1-3-11(13)9-7-5-4-6-8-10-12(14)15-2/h3H,1,4-10H2,2H3. The molecule has 0 aromatic rings. The van der Waals surface area contributed by atoms with Crippen LogP contribution in [0.1, 0.15) is 44.9 Å². The molecule has 3 nitrogen and oxygen atoms in total. The first-order valence-electron chi connectivity index (χ1n) is 5.42. The highest BCUT2D eigenvalue weighted by Gasteiger charge is 1.99. The number of ether oxygens (including phenoxy) is 1. The molecule has 0 atom stereocenters. The Morgan fingerprint density at radius 2 is 1.60 bits per heavy atom. The maximum absolute atomic E-state index is 10.8. The number of carbonyl (C=O) groups excluding carboxylic acids is 2. The van der Waals surface area contributed by atoms with Crippen molar-refractivity contribution in [2.45, 2.75) is 44.9 Å². The Kier molecular flexibility index (Phi) is 8.73. The maximum Gasteiger partial charge on any atom is 0.305 e. The molecule has 0 aliphatic rings. The van der Waals surface area contributed by atoms with Gasteiger partial charge in [0.05, 0.1) is 7.11 Å². The molecule has 0 spiro atoms. The first-order chi connectivity index (χ1) is 7.20. The summed E-state index contributed by atoms with van der Waals surface area (Å²) in [6.45, 7) is 3.42. The topological polar surface area (TPSA) is 43.4 Å². The van der Waals surface area contributed by atoms with Crippen LogP contribution in [0.2, 0.25) is 0 Å². The third-order valence-corrected chi connectivity index (χ3v) is 2.26. The van der Waals surface area contributed by atoms with Crippen molar-refractivity contribution in [1.29, 1.82) is 0 Å². The zero-order valence-corrected chi connectivity index (χ0v) is 9.46. The molecular weight excluding hydrogens is 192 g/mol. The first-order valence-corrected chi connectivity index (χ1v) is 5.42. The number of allylic oxidation sites excluding steroid dienone is 1. The summed E-state index contributed by atoms with van der Waals surface area (Å²) in [6.07, 6.45) is 7.41. The van der Waals surface area contributed by atoms with Crippen molar-refractivity contribution in [3.05, 3.63) is 12.7 Å². The van der Waals surface area contributed by atoms with E-state index in [9.17, 15) is 9.59 Å². The molecule has 0 radical (unpaired) electrons. The summed E-state index contributed by atoms with van der Waals surface area (Å²) in [7, 11) is 1.41. The minimum Gasteiger partial charge on any atom is -0.469 e. The van der Waals surface area contributed by atoms with Gasteiger partial charge in [-0.1, -0.05) is 25.8 Å². The van der Waals surface area contributed by atoms with Crippen molar-refractivity contribution >= 4 is 11.8 Å². The molecular formula is C12H20O3. The minimum absolute atomic E-state index is 0.115. The van der Waals surface area contributed by atoms with Gasteiger partial charge in [0.15, 0.2) is 5.78 Å². The molecule has 0 aliphatic carbocycles. The van der Waals surface area contributed by atoms with E-state index in [0.29, 0.717) is 12.8 Å². The van der Waals surface area contributed by atoms with E-state index in [4.69, 9.17) is 0 Å². The molecule has 0 rings (SSSR count). The number of hydrogen-bond acceptors (Lipinski definition) is 3. The molecule has 86 valence electrons. The first kappa shape index (κ1) is 13.9. The second kappa shape index (κ2) is 9.44. The summed E-state index contributed by atoms with van der Waals surface area (Å²) < 4.78 is 4.53. The van der Waals surface area contributed by atoms with Crippen LogP contribution in [0.4, 0.5) is 0 Å². The summed E-state index contributed by atoms with van der Waals surface area (Å²) in [5.74, 6) is -0.0265. The van der Waals surface area contributed by atoms with Gasteiger partial charge in [-0.15, -0.1) is 0 Å². The van der Waals surface area contributed by atoms with Crippen molar-refractivity contribution in [2.75, 3.05) is 7.11 Å². The van der Waals surface area contributed by atoms with Crippen LogP contribution in [0.25, 0.3) is 0 Å². The molecule has 0 unspecified atom stereocenters. The van der Waals surface area contributed by atoms with Gasteiger partial charge in [0.25, 0.3) is 0 Å². The zero-order chi connectivity index (χ0) is 11.5. The fourth-order valence-corrected chi connectivity index (χ4v) is 1.30. The molecule has 0 N–H and O–H groups in total. The van der Waals surface area contributed by atoms with E-state index >= 15 is 0 Å². The number of carbonyl (C=O) groups is 2. The van der Waals surface area contributed by atoms with Gasteiger partial charge >= 0.3 is 5.97 Å². The molecule has 0 aliphatic heterocycles. The molecule has 0 aromatic carbocycles. The summed E-state index contributed by atoms with van der Waals surface area (Å²) >= 11 is 0. The highest BCUT2D eigenvalue weighted by Crippen LogP contribution is 2.07. The van der Waals surface area contributed by atoms with E-state index < -0.39 is 0 Å². The Morgan fingerprint density at radius 3 is 2.13 bits per heavy atom. The summed E-state index contributed by atoms with van der Waals surface area (Å²) in [5, 5.41) is 0. The van der Waals surface area contributed by atoms with Gasteiger partial charge in [0.1, 0.15) is 0 Å². The van der Waals surface area contributed by atoms with Gasteiger partial charge in [-0.25, -0.2) is 0 Å². The monoisotopic (exact) mass is 212 g/mol. The molecule has 0 amide bonds.